The summed E-state index contributed by atoms with van der Waals surface area (Å²) in [7, 11) is 0. The number of nitrogens with zero attached hydrogens (tertiary/aromatic N) is 2. The molecule has 4 nitrogen and oxygen atoms in total. The van der Waals surface area contributed by atoms with E-state index in [4.69, 9.17) is 4.52 Å². The average molecular weight is 378 g/mol. The van der Waals surface area contributed by atoms with Crippen LogP contribution in [0.15, 0.2) is 59.1 Å². The van der Waals surface area contributed by atoms with E-state index in [1.165, 1.54) is 23.3 Å². The second kappa shape index (κ2) is 7.97. The van der Waals surface area contributed by atoms with Crippen LogP contribution >= 0.6 is 0 Å². The maximum Gasteiger partial charge on any atom is 0.292 e. The van der Waals surface area contributed by atoms with Gasteiger partial charge in [0.2, 0.25) is 5.76 Å². The Morgan fingerprint density at radius 2 is 2.04 bits per heavy atom. The highest BCUT2D eigenvalue weighted by Crippen LogP contribution is 2.28. The van der Waals surface area contributed by atoms with Crippen molar-refractivity contribution in [3.63, 3.8) is 0 Å². The Labute approximate surface area is 164 Å². The molecular formula is C23H23FN2O2. The molecule has 1 aliphatic heterocycles. The monoisotopic (exact) mass is 378 g/mol. The molecule has 28 heavy (non-hydrogen) atoms. The summed E-state index contributed by atoms with van der Waals surface area (Å²) in [4.78, 5) is 14.8. The van der Waals surface area contributed by atoms with Gasteiger partial charge in [0.15, 0.2) is 0 Å². The molecule has 0 spiro atoms. The first-order valence-electron chi connectivity index (χ1n) is 9.64. The Balaban J connectivity index is 1.44. The summed E-state index contributed by atoms with van der Waals surface area (Å²) in [6.45, 7) is 3.51. The van der Waals surface area contributed by atoms with Crippen LogP contribution in [0.4, 0.5) is 4.39 Å². The summed E-state index contributed by atoms with van der Waals surface area (Å²) in [6, 6.07) is 16.5. The molecule has 1 aliphatic rings. The summed E-state index contributed by atoms with van der Waals surface area (Å²) in [5.41, 5.74) is 4.11. The van der Waals surface area contributed by atoms with Crippen molar-refractivity contribution in [3.8, 4) is 0 Å². The van der Waals surface area contributed by atoms with Crippen molar-refractivity contribution in [1.82, 2.24) is 10.1 Å². The zero-order chi connectivity index (χ0) is 19.5. The van der Waals surface area contributed by atoms with E-state index in [9.17, 15) is 9.18 Å². The molecule has 0 saturated carbocycles. The van der Waals surface area contributed by atoms with Crippen molar-refractivity contribution < 1.29 is 13.7 Å². The van der Waals surface area contributed by atoms with Gasteiger partial charge in [0.05, 0.1) is 5.69 Å². The minimum atomic E-state index is -0.270. The van der Waals surface area contributed by atoms with Crippen LogP contribution in [-0.4, -0.2) is 29.1 Å². The van der Waals surface area contributed by atoms with Crippen LogP contribution in [-0.2, 0) is 6.42 Å². The average Bonchev–Trinajstić information content (AvgIpc) is 3.18. The van der Waals surface area contributed by atoms with E-state index >= 15 is 0 Å². The van der Waals surface area contributed by atoms with Gasteiger partial charge in [-0.1, -0.05) is 47.1 Å². The van der Waals surface area contributed by atoms with E-state index in [1.54, 1.807) is 18.2 Å². The third-order valence-corrected chi connectivity index (χ3v) is 5.29. The molecule has 0 N–H and O–H groups in total. The van der Waals surface area contributed by atoms with E-state index < -0.39 is 0 Å². The number of rotatable bonds is 4. The van der Waals surface area contributed by atoms with Crippen LogP contribution < -0.4 is 0 Å². The van der Waals surface area contributed by atoms with Crippen LogP contribution in [0.25, 0.3) is 0 Å². The number of aromatic nitrogens is 1. The van der Waals surface area contributed by atoms with Gasteiger partial charge in [-0.3, -0.25) is 4.79 Å². The Morgan fingerprint density at radius 1 is 1.21 bits per heavy atom. The lowest BCUT2D eigenvalue weighted by Crippen LogP contribution is -2.39. The van der Waals surface area contributed by atoms with Gasteiger partial charge in [0, 0.05) is 31.5 Å². The second-order valence-electron chi connectivity index (χ2n) is 7.49. The molecule has 1 saturated heterocycles. The van der Waals surface area contributed by atoms with E-state index in [0.717, 1.165) is 24.9 Å². The van der Waals surface area contributed by atoms with Gasteiger partial charge < -0.3 is 9.42 Å². The number of aryl methyl sites for hydroxylation is 1. The van der Waals surface area contributed by atoms with Gasteiger partial charge >= 0.3 is 0 Å². The fourth-order valence-corrected chi connectivity index (χ4v) is 3.82. The Hall–Kier alpha value is -2.95. The van der Waals surface area contributed by atoms with Gasteiger partial charge in [0.1, 0.15) is 5.82 Å². The minimum absolute atomic E-state index is 0.116. The van der Waals surface area contributed by atoms with Gasteiger partial charge in [-0.2, -0.15) is 0 Å². The van der Waals surface area contributed by atoms with E-state index in [2.05, 4.69) is 36.3 Å². The minimum Gasteiger partial charge on any atom is -0.351 e. The predicted molar refractivity (Wildman–Crippen MR) is 105 cm³/mol. The lowest BCUT2D eigenvalue weighted by molar-refractivity contribution is 0.0665. The highest BCUT2D eigenvalue weighted by molar-refractivity contribution is 5.91. The predicted octanol–water partition coefficient (Wildman–Crippen LogP) is 4.73. The number of carbonyl (C=O) groups excluding carboxylic acids is 1. The fourth-order valence-electron chi connectivity index (χ4n) is 3.82. The molecule has 0 aliphatic carbocycles. The maximum atomic E-state index is 13.0. The van der Waals surface area contributed by atoms with Crippen LogP contribution in [0.1, 0.15) is 51.7 Å². The third-order valence-electron chi connectivity index (χ3n) is 5.29. The molecule has 2 heterocycles. The molecule has 0 bridgehead atoms. The smallest absolute Gasteiger partial charge is 0.292 e. The fraction of sp³-hybridized carbons (Fsp3) is 0.304. The molecule has 0 unspecified atom stereocenters. The summed E-state index contributed by atoms with van der Waals surface area (Å²) < 4.78 is 18.4. The molecular weight excluding hydrogens is 355 g/mol. The van der Waals surface area contributed by atoms with Crippen molar-refractivity contribution in [2.45, 2.75) is 32.1 Å². The van der Waals surface area contributed by atoms with Crippen molar-refractivity contribution >= 4 is 5.91 Å². The summed E-state index contributed by atoms with van der Waals surface area (Å²) in [6.07, 6.45) is 2.56. The van der Waals surface area contributed by atoms with E-state index in [0.29, 0.717) is 24.6 Å². The first kappa shape index (κ1) is 18.4. The van der Waals surface area contributed by atoms with Crippen molar-refractivity contribution in [2.75, 3.05) is 13.1 Å². The molecule has 1 amide bonds. The van der Waals surface area contributed by atoms with Gasteiger partial charge in [0.25, 0.3) is 5.91 Å². The second-order valence-corrected chi connectivity index (χ2v) is 7.49. The molecule has 0 radical (unpaired) electrons. The highest BCUT2D eigenvalue weighted by Gasteiger charge is 2.27. The Kier molecular flexibility index (Phi) is 5.24. The van der Waals surface area contributed by atoms with E-state index in [-0.39, 0.29) is 17.5 Å². The van der Waals surface area contributed by atoms with Gasteiger partial charge in [-0.05, 0) is 43.0 Å². The number of likely N-dealkylation sites (tertiary alicyclic amines) is 1. The lowest BCUT2D eigenvalue weighted by Gasteiger charge is -2.32. The summed E-state index contributed by atoms with van der Waals surface area (Å²) in [5.74, 6) is 0.226. The SMILES string of the molecule is Cc1cccc([C@H]2CCCN(C(=O)c3cc(Cc4ccc(F)cc4)no3)C2)c1. The molecule has 1 aromatic heterocycles. The lowest BCUT2D eigenvalue weighted by atomic mass is 9.89. The number of hydrogen-bond donors (Lipinski definition) is 0. The standard InChI is InChI=1S/C23H23FN2O2/c1-16-4-2-5-18(12-16)19-6-3-11-26(15-19)23(27)22-14-21(25-28-22)13-17-7-9-20(24)10-8-17/h2,4-5,7-10,12,14,19H,3,6,11,13,15H2,1H3/t19-/m0/s1. The van der Waals surface area contributed by atoms with Gasteiger partial charge in [-0.15, -0.1) is 0 Å². The molecule has 1 atom stereocenters. The zero-order valence-electron chi connectivity index (χ0n) is 15.9. The molecule has 5 heteroatoms. The third kappa shape index (κ3) is 4.14. The molecule has 144 valence electrons. The van der Waals surface area contributed by atoms with Gasteiger partial charge in [-0.25, -0.2) is 4.39 Å². The maximum absolute atomic E-state index is 13.0. The first-order valence-corrected chi connectivity index (χ1v) is 9.64. The largest absolute Gasteiger partial charge is 0.351 e. The number of carbonyl (C=O) groups is 1. The number of benzene rings is 2. The van der Waals surface area contributed by atoms with Crippen LogP contribution in [0, 0.1) is 12.7 Å². The summed E-state index contributed by atoms with van der Waals surface area (Å²) in [5, 5.41) is 4.02. The van der Waals surface area contributed by atoms with E-state index in [1.807, 2.05) is 4.90 Å². The van der Waals surface area contributed by atoms with Crippen molar-refractivity contribution in [2.24, 2.45) is 0 Å². The first-order chi connectivity index (χ1) is 13.6. The topological polar surface area (TPSA) is 46.3 Å². The van der Waals surface area contributed by atoms with Crippen molar-refractivity contribution in [3.05, 3.63) is 88.6 Å². The number of piperidine rings is 1. The zero-order valence-corrected chi connectivity index (χ0v) is 15.9. The van der Waals surface area contributed by atoms with Crippen molar-refractivity contribution in [1.29, 1.82) is 0 Å². The Morgan fingerprint density at radius 3 is 2.82 bits per heavy atom. The Bertz CT molecular complexity index is 965. The molecule has 4 rings (SSSR count). The number of amides is 1. The van der Waals surface area contributed by atoms with Crippen LogP contribution in [0.3, 0.4) is 0 Å². The summed E-state index contributed by atoms with van der Waals surface area (Å²) >= 11 is 0. The highest BCUT2D eigenvalue weighted by atomic mass is 19.1. The van der Waals surface area contributed by atoms with Crippen LogP contribution in [0.2, 0.25) is 0 Å². The quantitative estimate of drug-likeness (QED) is 0.659. The normalized spacial score (nSPS) is 16.9. The molecule has 3 aromatic rings. The molecule has 1 fully saturated rings. The van der Waals surface area contributed by atoms with Crippen LogP contribution in [0.5, 0.6) is 0 Å². The number of hydrogen-bond acceptors (Lipinski definition) is 3. The molecule has 2 aromatic carbocycles. The number of halogens is 1.